The first-order valence-electron chi connectivity index (χ1n) is 19.7. The third-order valence-corrected chi connectivity index (χ3v) is 11.6. The lowest BCUT2D eigenvalue weighted by atomic mass is 9.91. The molecule has 57 heavy (non-hydrogen) atoms. The molecule has 11 aromatic carbocycles. The molecule has 0 saturated heterocycles. The Kier molecular flexibility index (Phi) is 7.89. The molecule has 0 amide bonds. The largest absolute Gasteiger partial charge is 0.309 e. The van der Waals surface area contributed by atoms with Crippen LogP contribution in [0.4, 0.5) is 17.1 Å². The van der Waals surface area contributed by atoms with Crippen molar-refractivity contribution in [1.29, 1.82) is 0 Å². The van der Waals surface area contributed by atoms with Gasteiger partial charge in [-0.3, -0.25) is 0 Å². The summed E-state index contributed by atoms with van der Waals surface area (Å²) < 4.78 is 0. The van der Waals surface area contributed by atoms with E-state index in [4.69, 9.17) is 0 Å². The topological polar surface area (TPSA) is 3.24 Å². The molecule has 0 spiro atoms. The molecule has 0 aliphatic heterocycles. The standard InChI is InChI=1S/C56H37N/c1-2-14-38(15-3-1)49-21-12-13-25-54(49)57(55-37-43-17-5-6-20-48(43)51-23-10-11-24-52(51)55)45-34-32-40(33-35-45)46-18-8-9-19-47(46)44-31-28-41-27-30-42-29-26-39-16-4-7-22-50(39)56(42)53(41)36-44/h1-37H. The molecule has 11 aromatic rings. The van der Waals surface area contributed by atoms with E-state index in [0.29, 0.717) is 0 Å². The van der Waals surface area contributed by atoms with Crippen LogP contribution >= 0.6 is 0 Å². The highest BCUT2D eigenvalue weighted by atomic mass is 15.1. The predicted molar refractivity (Wildman–Crippen MR) is 245 cm³/mol. The van der Waals surface area contributed by atoms with E-state index >= 15 is 0 Å². The molecule has 11 rings (SSSR count). The van der Waals surface area contributed by atoms with Crippen LogP contribution in [0.2, 0.25) is 0 Å². The summed E-state index contributed by atoms with van der Waals surface area (Å²) in [6.07, 6.45) is 0. The highest BCUT2D eigenvalue weighted by Gasteiger charge is 2.21. The number of benzene rings is 11. The summed E-state index contributed by atoms with van der Waals surface area (Å²) in [5, 5.41) is 12.6. The predicted octanol–water partition coefficient (Wildman–Crippen LogP) is 15.9. The van der Waals surface area contributed by atoms with Crippen molar-refractivity contribution in [3.05, 3.63) is 224 Å². The Morgan fingerprint density at radius 2 is 0.754 bits per heavy atom. The number of para-hydroxylation sites is 1. The minimum absolute atomic E-state index is 1.10. The van der Waals surface area contributed by atoms with Gasteiger partial charge >= 0.3 is 0 Å². The van der Waals surface area contributed by atoms with Gasteiger partial charge in [0.05, 0.1) is 11.4 Å². The molecule has 0 bridgehead atoms. The number of nitrogens with zero attached hydrogens (tertiary/aromatic N) is 1. The van der Waals surface area contributed by atoms with Crippen molar-refractivity contribution in [2.45, 2.75) is 0 Å². The molecule has 0 N–H and O–H groups in total. The number of anilines is 3. The Balaban J connectivity index is 1.08. The SMILES string of the molecule is c1ccc(-c2ccccc2N(c2ccc(-c3ccccc3-c3ccc4ccc5ccc6ccccc6c5c4c3)cc2)c2cc3ccccc3c3ccccc23)cc1. The molecule has 0 radical (unpaired) electrons. The van der Waals surface area contributed by atoms with E-state index in [0.717, 1.165) is 17.1 Å². The maximum absolute atomic E-state index is 2.45. The van der Waals surface area contributed by atoms with Gasteiger partial charge in [0.1, 0.15) is 0 Å². The summed E-state index contributed by atoms with van der Waals surface area (Å²) in [7, 11) is 0. The van der Waals surface area contributed by atoms with Crippen LogP contribution in [-0.4, -0.2) is 0 Å². The summed E-state index contributed by atoms with van der Waals surface area (Å²) in [6.45, 7) is 0. The maximum atomic E-state index is 2.45. The molecule has 1 nitrogen and oxygen atoms in total. The van der Waals surface area contributed by atoms with Gasteiger partial charge in [0, 0.05) is 16.6 Å². The summed E-state index contributed by atoms with van der Waals surface area (Å²) >= 11 is 0. The maximum Gasteiger partial charge on any atom is 0.0546 e. The summed E-state index contributed by atoms with van der Waals surface area (Å²) in [5.41, 5.74) is 10.6. The van der Waals surface area contributed by atoms with Crippen molar-refractivity contribution in [3.8, 4) is 33.4 Å². The lowest BCUT2D eigenvalue weighted by molar-refractivity contribution is 1.30. The van der Waals surface area contributed by atoms with Crippen LogP contribution in [0.25, 0.3) is 87.2 Å². The fourth-order valence-electron chi connectivity index (χ4n) is 8.93. The van der Waals surface area contributed by atoms with Gasteiger partial charge in [0.2, 0.25) is 0 Å². The van der Waals surface area contributed by atoms with Crippen LogP contribution in [-0.2, 0) is 0 Å². The lowest BCUT2D eigenvalue weighted by Crippen LogP contribution is -2.12. The van der Waals surface area contributed by atoms with Crippen molar-refractivity contribution in [2.75, 3.05) is 4.90 Å². The summed E-state index contributed by atoms with van der Waals surface area (Å²) in [4.78, 5) is 2.45. The van der Waals surface area contributed by atoms with Crippen LogP contribution < -0.4 is 4.90 Å². The first kappa shape index (κ1) is 32.9. The molecule has 1 heteroatoms. The quantitative estimate of drug-likeness (QED) is 0.154. The molecule has 0 unspecified atom stereocenters. The van der Waals surface area contributed by atoms with Gasteiger partial charge in [0.15, 0.2) is 0 Å². The zero-order valence-electron chi connectivity index (χ0n) is 31.3. The molecule has 0 heterocycles. The third-order valence-electron chi connectivity index (χ3n) is 11.6. The van der Waals surface area contributed by atoms with E-state index in [2.05, 4.69) is 229 Å². The number of hydrogen-bond donors (Lipinski definition) is 0. The van der Waals surface area contributed by atoms with Gasteiger partial charge in [-0.05, 0) is 107 Å². The Morgan fingerprint density at radius 3 is 1.53 bits per heavy atom. The minimum atomic E-state index is 1.10. The first-order valence-corrected chi connectivity index (χ1v) is 19.7. The van der Waals surface area contributed by atoms with Crippen molar-refractivity contribution < 1.29 is 0 Å². The smallest absolute Gasteiger partial charge is 0.0546 e. The van der Waals surface area contributed by atoms with Gasteiger partial charge in [-0.15, -0.1) is 0 Å². The molecule has 0 saturated carbocycles. The van der Waals surface area contributed by atoms with E-state index in [1.165, 1.54) is 87.2 Å². The van der Waals surface area contributed by atoms with Gasteiger partial charge in [-0.1, -0.05) is 194 Å². The third kappa shape index (κ3) is 5.63. The van der Waals surface area contributed by atoms with Crippen LogP contribution in [0.1, 0.15) is 0 Å². The van der Waals surface area contributed by atoms with E-state index in [9.17, 15) is 0 Å². The zero-order valence-corrected chi connectivity index (χ0v) is 31.3. The summed E-state index contributed by atoms with van der Waals surface area (Å²) in [5.74, 6) is 0. The van der Waals surface area contributed by atoms with Crippen LogP contribution in [0.3, 0.4) is 0 Å². The lowest BCUT2D eigenvalue weighted by Gasteiger charge is -2.30. The molecule has 0 fully saturated rings. The highest BCUT2D eigenvalue weighted by molar-refractivity contribution is 6.21. The van der Waals surface area contributed by atoms with Crippen molar-refractivity contribution in [3.63, 3.8) is 0 Å². The Bertz CT molecular complexity index is 3280. The van der Waals surface area contributed by atoms with E-state index in [1.807, 2.05) is 0 Å². The number of rotatable bonds is 6. The highest BCUT2D eigenvalue weighted by Crippen LogP contribution is 2.46. The average Bonchev–Trinajstić information content (AvgIpc) is 3.29. The fourth-order valence-corrected chi connectivity index (χ4v) is 8.93. The Labute approximate surface area is 332 Å². The monoisotopic (exact) mass is 723 g/mol. The molecule has 0 aromatic heterocycles. The Morgan fingerprint density at radius 1 is 0.246 bits per heavy atom. The summed E-state index contributed by atoms with van der Waals surface area (Å²) in [6, 6.07) is 82.1. The van der Waals surface area contributed by atoms with E-state index in [-0.39, 0.29) is 0 Å². The van der Waals surface area contributed by atoms with Crippen molar-refractivity contribution >= 4 is 70.9 Å². The van der Waals surface area contributed by atoms with Gasteiger partial charge < -0.3 is 4.90 Å². The van der Waals surface area contributed by atoms with Crippen LogP contribution in [0.15, 0.2) is 224 Å². The van der Waals surface area contributed by atoms with Crippen molar-refractivity contribution in [2.24, 2.45) is 0 Å². The minimum Gasteiger partial charge on any atom is -0.309 e. The zero-order chi connectivity index (χ0) is 37.7. The van der Waals surface area contributed by atoms with E-state index in [1.54, 1.807) is 0 Å². The number of hydrogen-bond acceptors (Lipinski definition) is 1. The molecule has 0 aliphatic carbocycles. The second-order valence-electron chi connectivity index (χ2n) is 14.9. The second kappa shape index (κ2) is 13.7. The van der Waals surface area contributed by atoms with E-state index < -0.39 is 0 Å². The van der Waals surface area contributed by atoms with Gasteiger partial charge in [-0.25, -0.2) is 0 Å². The van der Waals surface area contributed by atoms with Crippen LogP contribution in [0, 0.1) is 0 Å². The second-order valence-corrected chi connectivity index (χ2v) is 14.9. The first-order chi connectivity index (χ1) is 28.3. The molecular weight excluding hydrogens is 687 g/mol. The van der Waals surface area contributed by atoms with Gasteiger partial charge in [0.25, 0.3) is 0 Å². The Hall–Kier alpha value is -7.48. The molecule has 0 aliphatic rings. The van der Waals surface area contributed by atoms with Gasteiger partial charge in [-0.2, -0.15) is 0 Å². The fraction of sp³-hybridized carbons (Fsp3) is 0. The average molecular weight is 724 g/mol. The normalized spacial score (nSPS) is 11.5. The molecule has 0 atom stereocenters. The molecular formula is C56H37N. The molecule has 266 valence electrons. The van der Waals surface area contributed by atoms with Crippen LogP contribution in [0.5, 0.6) is 0 Å². The van der Waals surface area contributed by atoms with Crippen molar-refractivity contribution in [1.82, 2.24) is 0 Å². The number of fused-ring (bicyclic) bond motifs is 8.